The predicted octanol–water partition coefficient (Wildman–Crippen LogP) is 4.97. The van der Waals surface area contributed by atoms with Crippen LogP contribution in [-0.2, 0) is 4.74 Å². The highest BCUT2D eigenvalue weighted by Crippen LogP contribution is 2.28. The highest BCUT2D eigenvalue weighted by Gasteiger charge is 2.20. The fourth-order valence-corrected chi connectivity index (χ4v) is 2.82. The minimum Gasteiger partial charge on any atom is -0.462 e. The third-order valence-electron chi connectivity index (χ3n) is 3.62. The highest BCUT2D eigenvalue weighted by atomic mass is 32.2. The first kappa shape index (κ1) is 19.1. The average Bonchev–Trinajstić information content (AvgIpc) is 2.65. The number of thioether (sulfide) groups is 1. The lowest BCUT2D eigenvalue weighted by Crippen LogP contribution is -2.16. The van der Waals surface area contributed by atoms with Gasteiger partial charge in [-0.25, -0.2) is 9.59 Å². The number of benzene rings is 2. The first-order valence-corrected chi connectivity index (χ1v) is 9.51. The second kappa shape index (κ2) is 9.89. The van der Waals surface area contributed by atoms with Crippen LogP contribution in [0, 0.1) is 0 Å². The van der Waals surface area contributed by atoms with Crippen molar-refractivity contribution in [1.82, 2.24) is 0 Å². The molecule has 0 saturated heterocycles. The third kappa shape index (κ3) is 5.36. The Morgan fingerprint density at radius 1 is 0.920 bits per heavy atom. The molecule has 0 aliphatic rings. The van der Waals surface area contributed by atoms with Crippen LogP contribution in [0.25, 0.3) is 0 Å². The fraction of sp³-hybridized carbons (Fsp3) is 0.300. The van der Waals surface area contributed by atoms with Crippen LogP contribution in [0.15, 0.2) is 53.4 Å². The zero-order valence-corrected chi connectivity index (χ0v) is 15.3. The number of unbranched alkanes of at least 4 members (excludes halogenated alkanes) is 2. The van der Waals surface area contributed by atoms with Crippen LogP contribution in [0.4, 0.5) is 0 Å². The topological polar surface area (TPSA) is 52.6 Å². The van der Waals surface area contributed by atoms with Crippen LogP contribution in [0.2, 0.25) is 0 Å². The molecule has 25 heavy (non-hydrogen) atoms. The molecule has 0 radical (unpaired) electrons. The summed E-state index contributed by atoms with van der Waals surface area (Å²) in [6, 6.07) is 13.9. The first-order chi connectivity index (χ1) is 12.2. The molecule has 0 unspecified atom stereocenters. The van der Waals surface area contributed by atoms with Crippen LogP contribution < -0.4 is 4.74 Å². The molecule has 0 fully saturated rings. The van der Waals surface area contributed by atoms with Gasteiger partial charge in [0.15, 0.2) is 0 Å². The maximum Gasteiger partial charge on any atom is 0.344 e. The number of carbonyl (C=O) groups is 2. The average molecular weight is 358 g/mol. The van der Waals surface area contributed by atoms with Gasteiger partial charge in [-0.15, -0.1) is 11.8 Å². The van der Waals surface area contributed by atoms with Crippen LogP contribution in [-0.4, -0.2) is 24.8 Å². The molecule has 0 bridgehead atoms. The Balaban J connectivity index is 2.13. The molecule has 0 heterocycles. The van der Waals surface area contributed by atoms with E-state index in [2.05, 4.69) is 6.92 Å². The van der Waals surface area contributed by atoms with Crippen molar-refractivity contribution in [3.63, 3.8) is 0 Å². The van der Waals surface area contributed by atoms with E-state index in [1.165, 1.54) is 11.8 Å². The summed E-state index contributed by atoms with van der Waals surface area (Å²) in [5, 5.41) is 0. The number of esters is 2. The Labute approximate surface area is 152 Å². The van der Waals surface area contributed by atoms with Gasteiger partial charge in [0.2, 0.25) is 0 Å². The molecule has 0 aliphatic carbocycles. The molecule has 0 aliphatic heterocycles. The van der Waals surface area contributed by atoms with Crippen molar-refractivity contribution < 1.29 is 19.1 Å². The van der Waals surface area contributed by atoms with Crippen LogP contribution in [0.5, 0.6) is 5.75 Å². The van der Waals surface area contributed by atoms with E-state index in [1.807, 2.05) is 18.4 Å². The lowest BCUT2D eigenvalue weighted by molar-refractivity contribution is 0.0489. The Morgan fingerprint density at radius 3 is 2.24 bits per heavy atom. The molecule has 0 saturated carbocycles. The number of hydrogen-bond donors (Lipinski definition) is 0. The smallest absolute Gasteiger partial charge is 0.344 e. The van der Waals surface area contributed by atoms with Crippen LogP contribution in [0.1, 0.15) is 46.9 Å². The molecule has 0 amide bonds. The van der Waals surface area contributed by atoms with Crippen molar-refractivity contribution in [3.8, 4) is 5.75 Å². The minimum absolute atomic E-state index is 0.207. The van der Waals surface area contributed by atoms with E-state index in [-0.39, 0.29) is 11.1 Å². The molecular weight excluding hydrogens is 336 g/mol. The van der Waals surface area contributed by atoms with Crippen molar-refractivity contribution in [2.45, 2.75) is 31.1 Å². The van der Waals surface area contributed by atoms with E-state index in [0.29, 0.717) is 12.4 Å². The van der Waals surface area contributed by atoms with Gasteiger partial charge >= 0.3 is 11.9 Å². The molecular formula is C20H22O4S. The van der Waals surface area contributed by atoms with E-state index in [0.717, 1.165) is 24.2 Å². The number of hydrogen-bond acceptors (Lipinski definition) is 5. The summed E-state index contributed by atoms with van der Waals surface area (Å²) in [6.45, 7) is 2.44. The van der Waals surface area contributed by atoms with Crippen LogP contribution in [0.3, 0.4) is 0 Å². The first-order valence-electron chi connectivity index (χ1n) is 8.28. The molecule has 0 N–H and O–H groups in total. The van der Waals surface area contributed by atoms with Crippen molar-refractivity contribution in [3.05, 3.63) is 59.7 Å². The summed E-state index contributed by atoms with van der Waals surface area (Å²) >= 11 is 1.49. The lowest BCUT2D eigenvalue weighted by atomic mass is 10.1. The van der Waals surface area contributed by atoms with E-state index < -0.39 is 11.9 Å². The Bertz CT molecular complexity index is 727. The molecule has 2 aromatic rings. The largest absolute Gasteiger partial charge is 0.462 e. The van der Waals surface area contributed by atoms with Gasteiger partial charge in [-0.05, 0) is 36.9 Å². The number of para-hydroxylation sites is 1. The van der Waals surface area contributed by atoms with Gasteiger partial charge in [0, 0.05) is 4.90 Å². The zero-order chi connectivity index (χ0) is 18.1. The standard InChI is InChI=1S/C20H22O4S/c1-3-4-9-14-23-19(21)15-10-5-6-11-16(15)20(22)24-17-12-7-8-13-18(17)25-2/h5-8,10-13H,3-4,9,14H2,1-2H3. The van der Waals surface area contributed by atoms with Crippen molar-refractivity contribution in [1.29, 1.82) is 0 Å². The summed E-state index contributed by atoms with van der Waals surface area (Å²) in [6.07, 6.45) is 4.78. The summed E-state index contributed by atoms with van der Waals surface area (Å²) in [5.41, 5.74) is 0.435. The molecule has 2 aromatic carbocycles. The summed E-state index contributed by atoms with van der Waals surface area (Å²) in [4.78, 5) is 25.7. The van der Waals surface area contributed by atoms with Gasteiger partial charge in [-0.2, -0.15) is 0 Å². The lowest BCUT2D eigenvalue weighted by Gasteiger charge is -2.11. The summed E-state index contributed by atoms with van der Waals surface area (Å²) < 4.78 is 10.8. The monoisotopic (exact) mass is 358 g/mol. The fourth-order valence-electron chi connectivity index (χ4n) is 2.29. The van der Waals surface area contributed by atoms with Gasteiger partial charge < -0.3 is 9.47 Å². The third-order valence-corrected chi connectivity index (χ3v) is 4.40. The van der Waals surface area contributed by atoms with E-state index in [1.54, 1.807) is 36.4 Å². The van der Waals surface area contributed by atoms with Gasteiger partial charge in [0.1, 0.15) is 5.75 Å². The zero-order valence-electron chi connectivity index (χ0n) is 14.5. The number of carbonyl (C=O) groups excluding carboxylic acids is 2. The molecule has 4 nitrogen and oxygen atoms in total. The summed E-state index contributed by atoms with van der Waals surface area (Å²) in [5.74, 6) is -0.587. The van der Waals surface area contributed by atoms with Gasteiger partial charge in [-0.1, -0.05) is 44.0 Å². The Morgan fingerprint density at radius 2 is 1.56 bits per heavy atom. The molecule has 0 spiro atoms. The van der Waals surface area contributed by atoms with E-state index >= 15 is 0 Å². The molecule has 2 rings (SSSR count). The molecule has 5 heteroatoms. The summed E-state index contributed by atoms with van der Waals surface area (Å²) in [7, 11) is 0. The maximum absolute atomic E-state index is 12.5. The van der Waals surface area contributed by atoms with Crippen molar-refractivity contribution in [2.75, 3.05) is 12.9 Å². The highest BCUT2D eigenvalue weighted by molar-refractivity contribution is 7.98. The van der Waals surface area contributed by atoms with Crippen molar-refractivity contribution >= 4 is 23.7 Å². The maximum atomic E-state index is 12.5. The minimum atomic E-state index is -0.567. The van der Waals surface area contributed by atoms with Crippen LogP contribution >= 0.6 is 11.8 Å². The predicted molar refractivity (Wildman–Crippen MR) is 99.4 cm³/mol. The van der Waals surface area contributed by atoms with E-state index in [4.69, 9.17) is 9.47 Å². The number of ether oxygens (including phenoxy) is 2. The van der Waals surface area contributed by atoms with Crippen molar-refractivity contribution in [2.24, 2.45) is 0 Å². The molecule has 0 aromatic heterocycles. The van der Waals surface area contributed by atoms with Gasteiger partial charge in [0.05, 0.1) is 17.7 Å². The molecule has 132 valence electrons. The van der Waals surface area contributed by atoms with Gasteiger partial charge in [-0.3, -0.25) is 0 Å². The molecule has 0 atom stereocenters. The SMILES string of the molecule is CCCCCOC(=O)c1ccccc1C(=O)Oc1ccccc1SC. The quantitative estimate of drug-likeness (QED) is 0.288. The Hall–Kier alpha value is -2.27. The normalized spacial score (nSPS) is 10.3. The second-order valence-electron chi connectivity index (χ2n) is 5.43. The Kier molecular flexibility index (Phi) is 7.54. The van der Waals surface area contributed by atoms with E-state index in [9.17, 15) is 9.59 Å². The number of rotatable bonds is 8. The second-order valence-corrected chi connectivity index (χ2v) is 6.28. The van der Waals surface area contributed by atoms with Gasteiger partial charge in [0.25, 0.3) is 0 Å².